The maximum Gasteiger partial charge on any atom is 0.327 e. The quantitative estimate of drug-likeness (QED) is 0.845. The number of rotatable bonds is 2. The zero-order valence-corrected chi connectivity index (χ0v) is 10.4. The van der Waals surface area contributed by atoms with Gasteiger partial charge in [-0.3, -0.25) is 0 Å². The van der Waals surface area contributed by atoms with Crippen molar-refractivity contribution in [2.24, 2.45) is 0 Å². The van der Waals surface area contributed by atoms with Crippen LogP contribution in [0.1, 0.15) is 6.42 Å². The van der Waals surface area contributed by atoms with E-state index in [1.807, 2.05) is 30.3 Å². The average Bonchev–Trinajstić information content (AvgIpc) is 2.82. The lowest BCUT2D eigenvalue weighted by atomic mass is 10.2. The van der Waals surface area contributed by atoms with Gasteiger partial charge in [-0.2, -0.15) is 0 Å². The molecule has 5 nitrogen and oxygen atoms in total. The highest BCUT2D eigenvalue weighted by Crippen LogP contribution is 2.40. The van der Waals surface area contributed by atoms with Gasteiger partial charge < -0.3 is 10.0 Å². The number of carbonyl (C=O) groups is 1. The summed E-state index contributed by atoms with van der Waals surface area (Å²) in [5.41, 5.74) is 0.785. The lowest BCUT2D eigenvalue weighted by Crippen LogP contribution is -2.52. The second-order valence-electron chi connectivity index (χ2n) is 4.78. The highest BCUT2D eigenvalue weighted by atomic mass is 32.2. The Hall–Kier alpha value is -1.56. The van der Waals surface area contributed by atoms with Crippen LogP contribution in [-0.2, 0) is 14.6 Å². The topological polar surface area (TPSA) is 74.7 Å². The maximum absolute atomic E-state index is 11.8. The van der Waals surface area contributed by atoms with Crippen LogP contribution in [0.15, 0.2) is 30.3 Å². The lowest BCUT2D eigenvalue weighted by molar-refractivity contribution is -0.138. The van der Waals surface area contributed by atoms with Gasteiger partial charge in [0.15, 0.2) is 9.84 Å². The fourth-order valence-electron chi connectivity index (χ4n) is 3.05. The maximum atomic E-state index is 11.8. The fraction of sp³-hybridized carbons (Fsp3) is 0.417. The minimum atomic E-state index is -3.24. The van der Waals surface area contributed by atoms with Crippen molar-refractivity contribution in [1.29, 1.82) is 0 Å². The van der Waals surface area contributed by atoms with Crippen LogP contribution < -0.4 is 4.90 Å². The molecule has 3 atom stereocenters. The molecule has 3 unspecified atom stereocenters. The Morgan fingerprint density at radius 3 is 2.56 bits per heavy atom. The first-order valence-electron chi connectivity index (χ1n) is 5.78. The first-order valence-corrected chi connectivity index (χ1v) is 7.50. The van der Waals surface area contributed by atoms with Crippen molar-refractivity contribution in [2.75, 3.05) is 10.7 Å². The zero-order valence-electron chi connectivity index (χ0n) is 9.56. The summed E-state index contributed by atoms with van der Waals surface area (Å²) in [4.78, 5) is 13.1. The number of nitrogens with zero attached hydrogens (tertiary/aromatic N) is 1. The number of carboxylic acid groups (broad SMARTS) is 1. The largest absolute Gasteiger partial charge is 0.480 e. The van der Waals surface area contributed by atoms with Gasteiger partial charge in [0, 0.05) is 11.7 Å². The lowest BCUT2D eigenvalue weighted by Gasteiger charge is -2.34. The summed E-state index contributed by atoms with van der Waals surface area (Å²) >= 11 is 0. The molecule has 2 bridgehead atoms. The summed E-state index contributed by atoms with van der Waals surface area (Å²) < 4.78 is 23.6. The van der Waals surface area contributed by atoms with E-state index in [0.29, 0.717) is 6.42 Å². The molecule has 0 spiro atoms. The van der Waals surface area contributed by atoms with Crippen LogP contribution in [0.3, 0.4) is 0 Å². The molecule has 1 aromatic carbocycles. The van der Waals surface area contributed by atoms with Crippen molar-refractivity contribution < 1.29 is 18.3 Å². The van der Waals surface area contributed by atoms with Gasteiger partial charge in [-0.25, -0.2) is 13.2 Å². The molecule has 3 rings (SSSR count). The van der Waals surface area contributed by atoms with E-state index in [1.54, 1.807) is 4.90 Å². The number of anilines is 1. The van der Waals surface area contributed by atoms with Gasteiger partial charge in [0.1, 0.15) is 6.04 Å². The second-order valence-corrected chi connectivity index (χ2v) is 7.05. The summed E-state index contributed by atoms with van der Waals surface area (Å²) in [5.74, 6) is -0.995. The molecule has 0 radical (unpaired) electrons. The van der Waals surface area contributed by atoms with Gasteiger partial charge in [-0.05, 0) is 18.6 Å². The number of hydrogen-bond donors (Lipinski definition) is 1. The monoisotopic (exact) mass is 267 g/mol. The predicted octanol–water partition coefficient (Wildman–Crippen LogP) is 0.516. The smallest absolute Gasteiger partial charge is 0.327 e. The minimum Gasteiger partial charge on any atom is -0.480 e. The summed E-state index contributed by atoms with van der Waals surface area (Å²) in [5, 5.41) is 8.53. The highest BCUT2D eigenvalue weighted by molar-refractivity contribution is 7.92. The number of carboxylic acids is 1. The Morgan fingerprint density at radius 1 is 1.28 bits per heavy atom. The van der Waals surface area contributed by atoms with Crippen molar-refractivity contribution in [1.82, 2.24) is 0 Å². The normalized spacial score (nSPS) is 32.7. The van der Waals surface area contributed by atoms with Crippen molar-refractivity contribution in [3.63, 3.8) is 0 Å². The van der Waals surface area contributed by atoms with Crippen LogP contribution in [0, 0.1) is 0 Å². The molecule has 6 heteroatoms. The van der Waals surface area contributed by atoms with Crippen LogP contribution in [-0.4, -0.2) is 42.6 Å². The molecule has 0 aromatic heterocycles. The molecule has 0 aliphatic carbocycles. The number of fused-ring (bicyclic) bond motifs is 2. The van der Waals surface area contributed by atoms with E-state index in [-0.39, 0.29) is 11.8 Å². The van der Waals surface area contributed by atoms with E-state index in [2.05, 4.69) is 0 Å². The second kappa shape index (κ2) is 3.71. The molecule has 0 saturated carbocycles. The molecule has 1 N–H and O–H groups in total. The van der Waals surface area contributed by atoms with Crippen molar-refractivity contribution >= 4 is 21.5 Å². The third-order valence-corrected chi connectivity index (χ3v) is 5.97. The standard InChI is InChI=1S/C12H13NO4S/c14-12(15)11-10-6-9(7-18(10,16)17)13(11)8-4-2-1-3-5-8/h1-5,9-11H,6-7H2,(H,14,15). The number of para-hydroxylation sites is 1. The highest BCUT2D eigenvalue weighted by Gasteiger charge is 2.57. The molecule has 2 aliphatic heterocycles. The fourth-order valence-corrected chi connectivity index (χ4v) is 5.29. The van der Waals surface area contributed by atoms with Crippen molar-refractivity contribution in [3.05, 3.63) is 30.3 Å². The van der Waals surface area contributed by atoms with Gasteiger partial charge in [0.2, 0.25) is 0 Å². The van der Waals surface area contributed by atoms with Gasteiger partial charge in [0.25, 0.3) is 0 Å². The Morgan fingerprint density at radius 2 is 1.94 bits per heavy atom. The minimum absolute atomic E-state index is 0.0658. The van der Waals surface area contributed by atoms with Crippen molar-refractivity contribution in [2.45, 2.75) is 23.8 Å². The molecule has 96 valence electrons. The molecule has 2 fully saturated rings. The Labute approximate surface area is 105 Å². The summed E-state index contributed by atoms with van der Waals surface area (Å²) in [6.07, 6.45) is 0.425. The number of sulfone groups is 1. The average molecular weight is 267 g/mol. The molecule has 2 aliphatic rings. The molecular formula is C12H13NO4S. The number of hydrogen-bond acceptors (Lipinski definition) is 4. The van der Waals surface area contributed by atoms with Gasteiger partial charge in [-0.15, -0.1) is 0 Å². The van der Waals surface area contributed by atoms with Crippen LogP contribution in [0.25, 0.3) is 0 Å². The van der Waals surface area contributed by atoms with E-state index in [1.165, 1.54) is 0 Å². The molecule has 1 aromatic rings. The molecular weight excluding hydrogens is 254 g/mol. The SMILES string of the molecule is O=C(O)C1C2CC(CS2(=O)=O)N1c1ccccc1. The number of aliphatic carboxylic acids is 1. The summed E-state index contributed by atoms with van der Waals surface area (Å²) in [6.45, 7) is 0. The summed E-state index contributed by atoms with van der Waals surface area (Å²) in [6, 6.07) is 8.00. The zero-order chi connectivity index (χ0) is 12.9. The van der Waals surface area contributed by atoms with E-state index in [0.717, 1.165) is 5.69 Å². The third kappa shape index (κ3) is 1.52. The molecule has 0 amide bonds. The number of benzene rings is 1. The van der Waals surface area contributed by atoms with E-state index >= 15 is 0 Å². The predicted molar refractivity (Wildman–Crippen MR) is 66.3 cm³/mol. The van der Waals surface area contributed by atoms with E-state index in [4.69, 9.17) is 0 Å². The first kappa shape index (κ1) is 11.5. The summed E-state index contributed by atoms with van der Waals surface area (Å²) in [7, 11) is -3.24. The van der Waals surface area contributed by atoms with Gasteiger partial charge in [-0.1, -0.05) is 18.2 Å². The van der Waals surface area contributed by atoms with Gasteiger partial charge in [0.05, 0.1) is 11.0 Å². The third-order valence-electron chi connectivity index (χ3n) is 3.74. The van der Waals surface area contributed by atoms with E-state index in [9.17, 15) is 18.3 Å². The Kier molecular flexibility index (Phi) is 2.38. The van der Waals surface area contributed by atoms with Crippen LogP contribution in [0.5, 0.6) is 0 Å². The van der Waals surface area contributed by atoms with Crippen LogP contribution >= 0.6 is 0 Å². The Balaban J connectivity index is 2.05. The van der Waals surface area contributed by atoms with E-state index < -0.39 is 27.1 Å². The van der Waals surface area contributed by atoms with Crippen molar-refractivity contribution in [3.8, 4) is 0 Å². The molecule has 2 heterocycles. The van der Waals surface area contributed by atoms with Crippen LogP contribution in [0.4, 0.5) is 5.69 Å². The molecule has 18 heavy (non-hydrogen) atoms. The first-order chi connectivity index (χ1) is 8.50. The van der Waals surface area contributed by atoms with Gasteiger partial charge >= 0.3 is 5.97 Å². The Bertz CT molecular complexity index is 583. The van der Waals surface area contributed by atoms with Crippen LogP contribution in [0.2, 0.25) is 0 Å². The molecule has 2 saturated heterocycles.